The summed E-state index contributed by atoms with van der Waals surface area (Å²) in [6.45, 7) is 4.65. The number of nitrogens with zero attached hydrogens (tertiary/aromatic N) is 1. The summed E-state index contributed by atoms with van der Waals surface area (Å²) in [4.78, 5) is 14.1. The van der Waals surface area contributed by atoms with Gasteiger partial charge in [0.1, 0.15) is 0 Å². The van der Waals surface area contributed by atoms with Crippen LogP contribution in [0.15, 0.2) is 0 Å². The smallest absolute Gasteiger partial charge is 0.222 e. The molecular weight excluding hydrogens is 242 g/mol. The van der Waals surface area contributed by atoms with E-state index in [0.29, 0.717) is 13.0 Å². The molecule has 19 heavy (non-hydrogen) atoms. The highest BCUT2D eigenvalue weighted by molar-refractivity contribution is 5.76. The number of amides is 1. The Bertz CT molecular complexity index is 237. The molecule has 0 aliphatic carbocycles. The van der Waals surface area contributed by atoms with E-state index in [9.17, 15) is 4.79 Å². The van der Waals surface area contributed by atoms with E-state index in [1.807, 2.05) is 0 Å². The van der Waals surface area contributed by atoms with Gasteiger partial charge >= 0.3 is 0 Å². The molecule has 0 radical (unpaired) electrons. The number of hydrogen-bond donors (Lipinski definition) is 2. The van der Waals surface area contributed by atoms with Crippen LogP contribution in [-0.4, -0.2) is 56.7 Å². The summed E-state index contributed by atoms with van der Waals surface area (Å²) in [6.07, 6.45) is 6.58. The first-order valence-corrected chi connectivity index (χ1v) is 7.48. The Morgan fingerprint density at radius 3 is 2.58 bits per heavy atom. The fraction of sp³-hybridized carbons (Fsp3) is 0.929. The highest BCUT2D eigenvalue weighted by Gasteiger charge is 2.11. The maximum atomic E-state index is 11.6. The summed E-state index contributed by atoms with van der Waals surface area (Å²) in [7, 11) is 1.59. The minimum absolute atomic E-state index is 0.0353. The number of ether oxygens (including phenoxy) is 1. The molecule has 0 aromatic rings. The van der Waals surface area contributed by atoms with Gasteiger partial charge in [0.2, 0.25) is 5.91 Å². The Morgan fingerprint density at radius 1 is 1.32 bits per heavy atom. The predicted octanol–water partition coefficient (Wildman–Crippen LogP) is 0.733. The number of rotatable bonds is 8. The van der Waals surface area contributed by atoms with E-state index in [-0.39, 0.29) is 12.0 Å². The number of carbonyl (C=O) groups is 1. The Balaban J connectivity index is 2.04. The number of nitrogens with one attached hydrogen (secondary N) is 1. The fourth-order valence-electron chi connectivity index (χ4n) is 2.43. The van der Waals surface area contributed by atoms with Gasteiger partial charge < -0.3 is 20.7 Å². The molecule has 1 fully saturated rings. The van der Waals surface area contributed by atoms with Crippen LogP contribution in [0.4, 0.5) is 0 Å². The molecular formula is C14H29N3O2. The van der Waals surface area contributed by atoms with E-state index in [4.69, 9.17) is 10.5 Å². The van der Waals surface area contributed by atoms with Crippen molar-refractivity contribution in [2.45, 2.75) is 44.6 Å². The van der Waals surface area contributed by atoms with Crippen molar-refractivity contribution in [3.63, 3.8) is 0 Å². The molecule has 1 aliphatic heterocycles. The zero-order chi connectivity index (χ0) is 13.9. The van der Waals surface area contributed by atoms with Gasteiger partial charge in [-0.3, -0.25) is 4.79 Å². The standard InChI is InChI=1S/C14H29N3O2/c1-19-13(12-15)11-14(18)16-7-6-10-17-8-4-2-3-5-9-17/h13H,2-12,15H2,1H3,(H,16,18). The molecule has 0 spiro atoms. The van der Waals surface area contributed by atoms with Crippen molar-refractivity contribution < 1.29 is 9.53 Å². The second-order valence-electron chi connectivity index (χ2n) is 5.26. The summed E-state index contributed by atoms with van der Waals surface area (Å²) >= 11 is 0. The van der Waals surface area contributed by atoms with Crippen LogP contribution >= 0.6 is 0 Å². The third-order valence-electron chi connectivity index (χ3n) is 3.68. The van der Waals surface area contributed by atoms with E-state index < -0.39 is 0 Å². The number of likely N-dealkylation sites (tertiary alicyclic amines) is 1. The van der Waals surface area contributed by atoms with Crippen LogP contribution in [0.3, 0.4) is 0 Å². The summed E-state index contributed by atoms with van der Waals surface area (Å²) in [6, 6.07) is 0. The second-order valence-corrected chi connectivity index (χ2v) is 5.26. The van der Waals surface area contributed by atoms with Crippen LogP contribution in [0.2, 0.25) is 0 Å². The number of nitrogens with two attached hydrogens (primary N) is 1. The van der Waals surface area contributed by atoms with Gasteiger partial charge in [0.25, 0.3) is 0 Å². The Labute approximate surface area is 116 Å². The maximum absolute atomic E-state index is 11.6. The van der Waals surface area contributed by atoms with Gasteiger partial charge in [-0.15, -0.1) is 0 Å². The van der Waals surface area contributed by atoms with Gasteiger partial charge in [-0.2, -0.15) is 0 Å². The molecule has 5 heteroatoms. The molecule has 0 saturated carbocycles. The average Bonchev–Trinajstić information content (AvgIpc) is 2.69. The van der Waals surface area contributed by atoms with Crippen LogP contribution in [-0.2, 0) is 9.53 Å². The molecule has 0 aromatic carbocycles. The summed E-state index contributed by atoms with van der Waals surface area (Å²) in [5.41, 5.74) is 5.49. The first kappa shape index (κ1) is 16.4. The summed E-state index contributed by atoms with van der Waals surface area (Å²) in [5, 5.41) is 2.94. The van der Waals surface area contributed by atoms with Crippen LogP contribution < -0.4 is 11.1 Å². The van der Waals surface area contributed by atoms with Crippen LogP contribution in [0.1, 0.15) is 38.5 Å². The molecule has 0 bridgehead atoms. The molecule has 0 aromatic heterocycles. The number of methoxy groups -OCH3 is 1. The minimum atomic E-state index is -0.161. The second kappa shape index (κ2) is 10.2. The van der Waals surface area contributed by atoms with Crippen molar-refractivity contribution in [3.8, 4) is 0 Å². The first-order chi connectivity index (χ1) is 9.26. The van der Waals surface area contributed by atoms with Gasteiger partial charge in [-0.05, 0) is 38.9 Å². The maximum Gasteiger partial charge on any atom is 0.222 e. The first-order valence-electron chi connectivity index (χ1n) is 7.48. The summed E-state index contributed by atoms with van der Waals surface area (Å²) in [5.74, 6) is 0.0353. The monoisotopic (exact) mass is 271 g/mol. The molecule has 5 nitrogen and oxygen atoms in total. The summed E-state index contributed by atoms with van der Waals surface area (Å²) < 4.78 is 5.09. The lowest BCUT2D eigenvalue weighted by atomic mass is 10.2. The van der Waals surface area contributed by atoms with Crippen LogP contribution in [0, 0.1) is 0 Å². The fourth-order valence-corrected chi connectivity index (χ4v) is 2.43. The zero-order valence-electron chi connectivity index (χ0n) is 12.2. The minimum Gasteiger partial charge on any atom is -0.380 e. The molecule has 1 amide bonds. The lowest BCUT2D eigenvalue weighted by Crippen LogP contribution is -2.34. The van der Waals surface area contributed by atoms with E-state index in [2.05, 4.69) is 10.2 Å². The van der Waals surface area contributed by atoms with Crippen LogP contribution in [0.25, 0.3) is 0 Å². The predicted molar refractivity (Wildman–Crippen MR) is 77.0 cm³/mol. The molecule has 1 saturated heterocycles. The van der Waals surface area contributed by atoms with Crippen molar-refractivity contribution in [2.24, 2.45) is 5.73 Å². The normalized spacial score (nSPS) is 18.8. The quantitative estimate of drug-likeness (QED) is 0.639. The third kappa shape index (κ3) is 7.50. The van der Waals surface area contributed by atoms with Gasteiger partial charge in [-0.1, -0.05) is 12.8 Å². The van der Waals surface area contributed by atoms with Gasteiger partial charge in [0.15, 0.2) is 0 Å². The van der Waals surface area contributed by atoms with Gasteiger partial charge in [0, 0.05) is 20.2 Å². The molecule has 112 valence electrons. The van der Waals surface area contributed by atoms with E-state index in [1.54, 1.807) is 7.11 Å². The molecule has 1 rings (SSSR count). The molecule has 1 atom stereocenters. The SMILES string of the molecule is COC(CN)CC(=O)NCCCN1CCCCCC1. The average molecular weight is 271 g/mol. The van der Waals surface area contributed by atoms with Crippen molar-refractivity contribution in [1.29, 1.82) is 0 Å². The topological polar surface area (TPSA) is 67.6 Å². The van der Waals surface area contributed by atoms with Gasteiger partial charge in [-0.25, -0.2) is 0 Å². The molecule has 1 heterocycles. The van der Waals surface area contributed by atoms with Gasteiger partial charge in [0.05, 0.1) is 12.5 Å². The van der Waals surface area contributed by atoms with Crippen molar-refractivity contribution >= 4 is 5.91 Å². The van der Waals surface area contributed by atoms with E-state index >= 15 is 0 Å². The molecule has 1 unspecified atom stereocenters. The lowest BCUT2D eigenvalue weighted by Gasteiger charge is -2.19. The third-order valence-corrected chi connectivity index (χ3v) is 3.68. The Hall–Kier alpha value is -0.650. The van der Waals surface area contributed by atoms with Crippen LogP contribution in [0.5, 0.6) is 0 Å². The highest BCUT2D eigenvalue weighted by Crippen LogP contribution is 2.09. The highest BCUT2D eigenvalue weighted by atomic mass is 16.5. The van der Waals surface area contributed by atoms with E-state index in [0.717, 1.165) is 19.5 Å². The van der Waals surface area contributed by atoms with Crippen molar-refractivity contribution in [2.75, 3.05) is 39.8 Å². The number of carbonyl (C=O) groups excluding carboxylic acids is 1. The number of hydrogen-bond acceptors (Lipinski definition) is 4. The zero-order valence-corrected chi connectivity index (χ0v) is 12.2. The Kier molecular flexibility index (Phi) is 8.79. The van der Waals surface area contributed by atoms with Crippen molar-refractivity contribution in [3.05, 3.63) is 0 Å². The lowest BCUT2D eigenvalue weighted by molar-refractivity contribution is -0.123. The largest absolute Gasteiger partial charge is 0.380 e. The Morgan fingerprint density at radius 2 is 2.00 bits per heavy atom. The van der Waals surface area contributed by atoms with E-state index in [1.165, 1.54) is 38.8 Å². The van der Waals surface area contributed by atoms with Crippen molar-refractivity contribution in [1.82, 2.24) is 10.2 Å². The molecule has 3 N–H and O–H groups in total. The molecule has 1 aliphatic rings.